The topological polar surface area (TPSA) is 65.5 Å². The Bertz CT molecular complexity index is 1210. The van der Waals surface area contributed by atoms with Crippen LogP contribution >= 0.6 is 7.92 Å². The second kappa shape index (κ2) is 15.2. The van der Waals surface area contributed by atoms with Gasteiger partial charge in [-0.2, -0.15) is 0 Å². The number of carbonyl (C=O) groups excluding carboxylic acids is 1. The number of allylic oxidation sites excluding steroid dienone is 7. The van der Waals surface area contributed by atoms with Crippen LogP contribution in [0.15, 0.2) is 83.1 Å². The number of piperidine rings is 1. The minimum atomic E-state index is -1.73. The van der Waals surface area contributed by atoms with Crippen LogP contribution in [0.4, 0.5) is 14.5 Å². The Hall–Kier alpha value is -2.89. The van der Waals surface area contributed by atoms with Crippen LogP contribution in [0.25, 0.3) is 0 Å². The highest BCUT2D eigenvalue weighted by molar-refractivity contribution is 7.62. The van der Waals surface area contributed by atoms with Crippen LogP contribution in [0.3, 0.4) is 0 Å². The monoisotopic (exact) mass is 568 g/mol. The molecule has 1 fully saturated rings. The molecular weight excluding hydrogens is 525 g/mol. The van der Waals surface area contributed by atoms with E-state index in [1.807, 2.05) is 38.1 Å². The molecule has 0 spiro atoms. The third-order valence-electron chi connectivity index (χ3n) is 7.33. The van der Waals surface area contributed by atoms with E-state index < -0.39 is 25.8 Å². The number of aliphatic imine (C=N–C) groups is 1. The van der Waals surface area contributed by atoms with Crippen LogP contribution in [-0.2, 0) is 6.42 Å². The van der Waals surface area contributed by atoms with Gasteiger partial charge in [-0.1, -0.05) is 45.0 Å². The molecule has 1 aromatic carbocycles. The van der Waals surface area contributed by atoms with Crippen LogP contribution in [0.2, 0.25) is 0 Å². The van der Waals surface area contributed by atoms with Crippen molar-refractivity contribution in [3.8, 4) is 0 Å². The second-order valence-electron chi connectivity index (χ2n) is 10.4. The maximum absolute atomic E-state index is 14.7. The summed E-state index contributed by atoms with van der Waals surface area (Å²) in [6.45, 7) is 15.3. The summed E-state index contributed by atoms with van der Waals surface area (Å²) in [5.41, 5.74) is 4.20. The van der Waals surface area contributed by atoms with Crippen molar-refractivity contribution in [2.24, 2.45) is 10.9 Å². The van der Waals surface area contributed by atoms with Gasteiger partial charge in [-0.3, -0.25) is 9.79 Å². The first kappa shape index (κ1) is 31.6. The molecule has 8 heteroatoms. The fourth-order valence-corrected chi connectivity index (χ4v) is 6.63. The molecule has 1 amide bonds. The molecule has 3 rings (SSSR count). The molecule has 0 saturated carbocycles. The molecule has 1 heterocycles. The summed E-state index contributed by atoms with van der Waals surface area (Å²) in [6.07, 6.45) is 9.34. The van der Waals surface area contributed by atoms with Crippen molar-refractivity contribution in [1.29, 1.82) is 0 Å². The molecular formula is C32H43F2N4OP. The van der Waals surface area contributed by atoms with Crippen molar-refractivity contribution in [2.45, 2.75) is 65.0 Å². The van der Waals surface area contributed by atoms with Crippen molar-refractivity contribution in [1.82, 2.24) is 10.6 Å². The average molecular weight is 569 g/mol. The van der Waals surface area contributed by atoms with E-state index >= 15 is 0 Å². The van der Waals surface area contributed by atoms with Gasteiger partial charge in [0.05, 0.1) is 5.78 Å². The quantitative estimate of drug-likeness (QED) is 0.148. The molecule has 1 aliphatic heterocycles. The van der Waals surface area contributed by atoms with Gasteiger partial charge in [-0.15, -0.1) is 6.58 Å². The zero-order valence-electron chi connectivity index (χ0n) is 24.3. The van der Waals surface area contributed by atoms with Crippen molar-refractivity contribution in [2.75, 3.05) is 25.1 Å². The lowest BCUT2D eigenvalue weighted by Crippen LogP contribution is -2.45. The summed E-state index contributed by atoms with van der Waals surface area (Å²) in [4.78, 5) is 17.7. The van der Waals surface area contributed by atoms with Gasteiger partial charge in [0.2, 0.25) is 0 Å². The zero-order chi connectivity index (χ0) is 29.2. The SMILES string of the molecule is C=CC1C=CC(/C(C)=C/N=C(C)C(Nc2ccc(C(=O)NC3CCCNC3)c(CC)c2)P(C)/C=C\C)=C(F)C1F. The molecule has 1 saturated heterocycles. The maximum Gasteiger partial charge on any atom is 0.251 e. The van der Waals surface area contributed by atoms with Gasteiger partial charge in [0, 0.05) is 47.2 Å². The number of hydrogen-bond donors (Lipinski definition) is 3. The summed E-state index contributed by atoms with van der Waals surface area (Å²) in [5, 5.41) is 10.1. The molecule has 0 aromatic heterocycles. The highest BCUT2D eigenvalue weighted by Crippen LogP contribution is 2.40. The zero-order valence-corrected chi connectivity index (χ0v) is 25.2. The first-order valence-electron chi connectivity index (χ1n) is 14.0. The minimum Gasteiger partial charge on any atom is -0.373 e. The van der Waals surface area contributed by atoms with Crippen molar-refractivity contribution in [3.63, 3.8) is 0 Å². The molecule has 5 unspecified atom stereocenters. The highest BCUT2D eigenvalue weighted by atomic mass is 31.1. The second-order valence-corrected chi connectivity index (χ2v) is 12.5. The fourth-order valence-electron chi connectivity index (χ4n) is 4.97. The molecule has 0 radical (unpaired) electrons. The number of benzene rings is 1. The first-order chi connectivity index (χ1) is 19.2. The summed E-state index contributed by atoms with van der Waals surface area (Å²) < 4.78 is 29.1. The molecule has 40 heavy (non-hydrogen) atoms. The molecule has 1 aliphatic carbocycles. The Balaban J connectivity index is 1.82. The molecule has 1 aromatic rings. The van der Waals surface area contributed by atoms with Gasteiger partial charge >= 0.3 is 0 Å². The van der Waals surface area contributed by atoms with Crippen LogP contribution in [0, 0.1) is 5.92 Å². The molecule has 216 valence electrons. The fraction of sp³-hybridized carbons (Fsp3) is 0.438. The predicted octanol–water partition coefficient (Wildman–Crippen LogP) is 7.41. The third-order valence-corrected chi connectivity index (χ3v) is 9.42. The smallest absolute Gasteiger partial charge is 0.251 e. The van der Waals surface area contributed by atoms with E-state index in [1.165, 1.54) is 6.08 Å². The summed E-state index contributed by atoms with van der Waals surface area (Å²) in [7, 11) is -0.632. The van der Waals surface area contributed by atoms with E-state index in [0.29, 0.717) is 11.1 Å². The maximum atomic E-state index is 14.7. The summed E-state index contributed by atoms with van der Waals surface area (Å²) in [6, 6.07) is 6.03. The lowest BCUT2D eigenvalue weighted by atomic mass is 9.91. The summed E-state index contributed by atoms with van der Waals surface area (Å²) >= 11 is 0. The molecule has 0 bridgehead atoms. The van der Waals surface area contributed by atoms with Crippen LogP contribution in [0.5, 0.6) is 0 Å². The third kappa shape index (κ3) is 8.08. The van der Waals surface area contributed by atoms with E-state index in [-0.39, 0.29) is 23.3 Å². The van der Waals surface area contributed by atoms with E-state index in [4.69, 9.17) is 0 Å². The number of halogens is 2. The number of nitrogens with one attached hydrogen (secondary N) is 3. The van der Waals surface area contributed by atoms with E-state index in [1.54, 1.807) is 25.3 Å². The minimum absolute atomic E-state index is 0.0353. The highest BCUT2D eigenvalue weighted by Gasteiger charge is 2.27. The standard InChI is InChI=1S/C32H43F2N4OP/c1-7-17-40(6)32(22(5)36-19-21(4)27-14-12-23(8-2)29(33)30(27)34)38-25-13-15-28(24(9-3)18-25)31(39)37-26-11-10-16-35-20-26/h7-8,12-15,17-19,23,26,29,32,35,38H,2,9-11,16,20H2,1,3-6H3,(H,37,39)/b17-7-,21-19+,36-22?. The number of rotatable bonds is 11. The van der Waals surface area contributed by atoms with Gasteiger partial charge in [-0.05, 0) is 82.6 Å². The molecule has 3 N–H and O–H groups in total. The Labute approximate surface area is 239 Å². The van der Waals surface area contributed by atoms with Gasteiger partial charge in [0.1, 0.15) is 5.83 Å². The lowest BCUT2D eigenvalue weighted by molar-refractivity contribution is 0.0929. The van der Waals surface area contributed by atoms with E-state index in [9.17, 15) is 13.6 Å². The van der Waals surface area contributed by atoms with E-state index in [2.05, 4.69) is 46.9 Å². The number of carbonyl (C=O) groups is 1. The van der Waals surface area contributed by atoms with Gasteiger partial charge in [0.15, 0.2) is 6.17 Å². The Morgan fingerprint density at radius 2 is 2.12 bits per heavy atom. The van der Waals surface area contributed by atoms with Crippen molar-refractivity contribution >= 4 is 25.2 Å². The number of anilines is 1. The van der Waals surface area contributed by atoms with Gasteiger partial charge in [0.25, 0.3) is 5.91 Å². The normalized spacial score (nSPS) is 23.7. The molecule has 5 atom stereocenters. The van der Waals surface area contributed by atoms with Crippen molar-refractivity contribution < 1.29 is 13.6 Å². The first-order valence-corrected chi connectivity index (χ1v) is 15.9. The van der Waals surface area contributed by atoms with Gasteiger partial charge in [-0.25, -0.2) is 8.78 Å². The van der Waals surface area contributed by atoms with Crippen LogP contribution in [0.1, 0.15) is 56.5 Å². The number of hydrogen-bond acceptors (Lipinski definition) is 4. The van der Waals surface area contributed by atoms with Gasteiger partial charge < -0.3 is 16.0 Å². The molecule has 2 aliphatic rings. The lowest BCUT2D eigenvalue weighted by Gasteiger charge is -2.26. The predicted molar refractivity (Wildman–Crippen MR) is 167 cm³/mol. The largest absolute Gasteiger partial charge is 0.373 e. The number of nitrogens with zero attached hydrogens (tertiary/aromatic N) is 1. The number of alkyl halides is 1. The van der Waals surface area contributed by atoms with Crippen molar-refractivity contribution in [3.05, 3.63) is 89.2 Å². The average Bonchev–Trinajstić information content (AvgIpc) is 2.96. The van der Waals surface area contributed by atoms with Crippen LogP contribution < -0.4 is 16.0 Å². The number of aryl methyl sites for hydroxylation is 1. The number of amides is 1. The summed E-state index contributed by atoms with van der Waals surface area (Å²) in [5.74, 6) is 0.596. The molecule has 5 nitrogen and oxygen atoms in total. The Kier molecular flexibility index (Phi) is 12.0. The van der Waals surface area contributed by atoms with Crippen LogP contribution in [-0.4, -0.2) is 49.4 Å². The Morgan fingerprint density at radius 1 is 1.35 bits per heavy atom. The Morgan fingerprint density at radius 3 is 2.77 bits per heavy atom. The van der Waals surface area contributed by atoms with E-state index in [0.717, 1.165) is 49.3 Å².